The molecule has 0 aliphatic carbocycles. The molecule has 0 radical (unpaired) electrons. The summed E-state index contributed by atoms with van der Waals surface area (Å²) in [5.74, 6) is 0.525. The van der Waals surface area contributed by atoms with Gasteiger partial charge >= 0.3 is 0 Å². The van der Waals surface area contributed by atoms with Crippen molar-refractivity contribution in [3.05, 3.63) is 33.1 Å². The Morgan fingerprint density at radius 1 is 1.41 bits per heavy atom. The van der Waals surface area contributed by atoms with Crippen LogP contribution in [0, 0.1) is 0 Å². The van der Waals surface area contributed by atoms with E-state index in [2.05, 4.69) is 25.8 Å². The smallest absolute Gasteiger partial charge is 0.286 e. The quantitative estimate of drug-likeness (QED) is 0.736. The number of aliphatic imine (C=N–C) groups is 1. The molecule has 0 saturated carbocycles. The summed E-state index contributed by atoms with van der Waals surface area (Å²) in [5.41, 5.74) is 0.853. The Bertz CT molecular complexity index is 654. The van der Waals surface area contributed by atoms with Crippen LogP contribution in [0.5, 0.6) is 5.75 Å². The SMILES string of the molecule is COc1ccc(Br)cc1/C=C1\SC(N2CCOCC2)=NC1=O. The first-order valence-corrected chi connectivity index (χ1v) is 8.47. The predicted octanol–water partition coefficient (Wildman–Crippen LogP) is 2.76. The molecule has 1 fully saturated rings. The van der Waals surface area contributed by atoms with Gasteiger partial charge in [0.1, 0.15) is 5.75 Å². The van der Waals surface area contributed by atoms with Crippen LogP contribution in [0.15, 0.2) is 32.6 Å². The van der Waals surface area contributed by atoms with Gasteiger partial charge in [-0.25, -0.2) is 0 Å². The van der Waals surface area contributed by atoms with Gasteiger partial charge in [-0.15, -0.1) is 0 Å². The molecule has 1 aromatic carbocycles. The first-order valence-electron chi connectivity index (χ1n) is 6.86. The fraction of sp³-hybridized carbons (Fsp3) is 0.333. The molecule has 2 aliphatic rings. The number of nitrogens with zero attached hydrogens (tertiary/aromatic N) is 2. The molecule has 1 aromatic rings. The van der Waals surface area contributed by atoms with E-state index >= 15 is 0 Å². The van der Waals surface area contributed by atoms with E-state index < -0.39 is 0 Å². The Balaban J connectivity index is 1.82. The summed E-state index contributed by atoms with van der Waals surface area (Å²) < 4.78 is 11.6. The van der Waals surface area contributed by atoms with E-state index in [1.54, 1.807) is 7.11 Å². The maximum Gasteiger partial charge on any atom is 0.286 e. The summed E-state index contributed by atoms with van der Waals surface area (Å²) in [6.45, 7) is 2.89. The van der Waals surface area contributed by atoms with Gasteiger partial charge in [-0.3, -0.25) is 4.79 Å². The number of methoxy groups -OCH3 is 1. The third-order valence-corrected chi connectivity index (χ3v) is 4.91. The van der Waals surface area contributed by atoms with Crippen molar-refractivity contribution in [2.45, 2.75) is 0 Å². The topological polar surface area (TPSA) is 51.1 Å². The standard InChI is InChI=1S/C15H15BrN2O3S/c1-20-12-3-2-11(16)8-10(12)9-13-14(19)17-15(22-13)18-4-6-21-7-5-18/h2-3,8-9H,4-7H2,1H3/b13-9-. The number of halogens is 1. The second kappa shape index (κ2) is 6.85. The molecule has 0 atom stereocenters. The van der Waals surface area contributed by atoms with Crippen molar-refractivity contribution in [3.8, 4) is 5.75 Å². The lowest BCUT2D eigenvalue weighted by Gasteiger charge is -2.27. The second-order valence-electron chi connectivity index (χ2n) is 4.80. The molecule has 0 unspecified atom stereocenters. The van der Waals surface area contributed by atoms with E-state index in [1.807, 2.05) is 24.3 Å². The number of carbonyl (C=O) groups is 1. The largest absolute Gasteiger partial charge is 0.496 e. The van der Waals surface area contributed by atoms with Crippen LogP contribution in [0.2, 0.25) is 0 Å². The second-order valence-corrected chi connectivity index (χ2v) is 6.72. The predicted molar refractivity (Wildman–Crippen MR) is 91.1 cm³/mol. The number of hydrogen-bond donors (Lipinski definition) is 0. The van der Waals surface area contributed by atoms with Gasteiger partial charge in [0.25, 0.3) is 5.91 Å². The van der Waals surface area contributed by atoms with Crippen LogP contribution >= 0.6 is 27.7 Å². The van der Waals surface area contributed by atoms with Gasteiger partial charge in [0.15, 0.2) is 5.17 Å². The van der Waals surface area contributed by atoms with E-state index in [-0.39, 0.29) is 5.91 Å². The lowest BCUT2D eigenvalue weighted by Crippen LogP contribution is -2.38. The molecule has 0 aromatic heterocycles. The van der Waals surface area contributed by atoms with E-state index in [9.17, 15) is 4.79 Å². The van der Waals surface area contributed by atoms with Gasteiger partial charge in [-0.2, -0.15) is 4.99 Å². The summed E-state index contributed by atoms with van der Waals surface area (Å²) in [5, 5.41) is 0.758. The molecule has 22 heavy (non-hydrogen) atoms. The van der Waals surface area contributed by atoms with Crippen molar-refractivity contribution >= 4 is 44.8 Å². The van der Waals surface area contributed by atoms with E-state index in [0.29, 0.717) is 18.1 Å². The van der Waals surface area contributed by atoms with Crippen LogP contribution in [0.1, 0.15) is 5.56 Å². The minimum absolute atomic E-state index is 0.200. The molecule has 2 aliphatic heterocycles. The molecule has 0 bridgehead atoms. The van der Waals surface area contributed by atoms with Gasteiger partial charge < -0.3 is 14.4 Å². The number of benzene rings is 1. The van der Waals surface area contributed by atoms with Crippen molar-refractivity contribution in [2.24, 2.45) is 4.99 Å². The number of hydrogen-bond acceptors (Lipinski definition) is 5. The zero-order chi connectivity index (χ0) is 15.5. The van der Waals surface area contributed by atoms with Crippen LogP contribution in [-0.2, 0) is 9.53 Å². The molecule has 1 saturated heterocycles. The van der Waals surface area contributed by atoms with Crippen LogP contribution in [0.3, 0.4) is 0 Å². The minimum Gasteiger partial charge on any atom is -0.496 e. The molecule has 3 rings (SSSR count). The van der Waals surface area contributed by atoms with E-state index in [4.69, 9.17) is 9.47 Å². The number of rotatable bonds is 2. The van der Waals surface area contributed by atoms with Crippen molar-refractivity contribution in [3.63, 3.8) is 0 Å². The molecule has 0 spiro atoms. The lowest BCUT2D eigenvalue weighted by molar-refractivity contribution is -0.113. The van der Waals surface area contributed by atoms with Gasteiger partial charge in [0.05, 0.1) is 25.2 Å². The maximum absolute atomic E-state index is 12.1. The average molecular weight is 383 g/mol. The number of ether oxygens (including phenoxy) is 2. The monoisotopic (exact) mass is 382 g/mol. The summed E-state index contributed by atoms with van der Waals surface area (Å²) >= 11 is 4.84. The normalized spacial score (nSPS) is 20.5. The Morgan fingerprint density at radius 3 is 2.91 bits per heavy atom. The van der Waals surface area contributed by atoms with E-state index in [0.717, 1.165) is 34.0 Å². The first-order chi connectivity index (χ1) is 10.7. The molecular formula is C15H15BrN2O3S. The maximum atomic E-state index is 12.1. The molecule has 2 heterocycles. The van der Waals surface area contributed by atoms with Crippen LogP contribution in [0.25, 0.3) is 6.08 Å². The van der Waals surface area contributed by atoms with Crippen LogP contribution in [-0.4, -0.2) is 49.4 Å². The third kappa shape index (κ3) is 3.37. The average Bonchev–Trinajstić information content (AvgIpc) is 2.90. The number of amidine groups is 1. The summed E-state index contributed by atoms with van der Waals surface area (Å²) in [7, 11) is 1.62. The Morgan fingerprint density at radius 2 is 2.18 bits per heavy atom. The Labute approximate surface area is 141 Å². The highest BCUT2D eigenvalue weighted by atomic mass is 79.9. The summed E-state index contributed by atoms with van der Waals surface area (Å²) in [6, 6.07) is 5.69. The van der Waals surface area contributed by atoms with Gasteiger partial charge in [-0.05, 0) is 36.0 Å². The van der Waals surface area contributed by atoms with Crippen molar-refractivity contribution in [1.29, 1.82) is 0 Å². The molecule has 1 amide bonds. The molecular weight excluding hydrogens is 368 g/mol. The summed E-state index contributed by atoms with van der Waals surface area (Å²) in [6.07, 6.45) is 1.83. The first kappa shape index (κ1) is 15.6. The highest BCUT2D eigenvalue weighted by Gasteiger charge is 2.27. The third-order valence-electron chi connectivity index (χ3n) is 3.37. The minimum atomic E-state index is -0.200. The summed E-state index contributed by atoms with van der Waals surface area (Å²) in [4.78, 5) is 19.0. The van der Waals surface area contributed by atoms with E-state index in [1.165, 1.54) is 11.8 Å². The van der Waals surface area contributed by atoms with Crippen molar-refractivity contribution in [2.75, 3.05) is 33.4 Å². The van der Waals surface area contributed by atoms with Crippen molar-refractivity contribution < 1.29 is 14.3 Å². The molecule has 0 N–H and O–H groups in total. The van der Waals surface area contributed by atoms with Crippen molar-refractivity contribution in [1.82, 2.24) is 4.90 Å². The number of amides is 1. The lowest BCUT2D eigenvalue weighted by atomic mass is 10.2. The fourth-order valence-electron chi connectivity index (χ4n) is 2.25. The zero-order valence-electron chi connectivity index (χ0n) is 12.0. The molecule has 7 heteroatoms. The number of morpholine rings is 1. The van der Waals surface area contributed by atoms with Gasteiger partial charge in [-0.1, -0.05) is 15.9 Å². The van der Waals surface area contributed by atoms with Crippen LogP contribution < -0.4 is 4.74 Å². The number of carbonyl (C=O) groups excluding carboxylic acids is 1. The molecule has 116 valence electrons. The number of thioether (sulfide) groups is 1. The zero-order valence-corrected chi connectivity index (χ0v) is 14.4. The Kier molecular flexibility index (Phi) is 4.85. The highest BCUT2D eigenvalue weighted by molar-refractivity contribution is 9.10. The molecule has 5 nitrogen and oxygen atoms in total. The highest BCUT2D eigenvalue weighted by Crippen LogP contribution is 2.33. The fourth-order valence-corrected chi connectivity index (χ4v) is 3.58. The van der Waals surface area contributed by atoms with Crippen LogP contribution in [0.4, 0.5) is 0 Å². The Hall–Kier alpha value is -1.31. The van der Waals surface area contributed by atoms with Gasteiger partial charge in [0, 0.05) is 23.1 Å². The van der Waals surface area contributed by atoms with Gasteiger partial charge in [0.2, 0.25) is 0 Å².